The van der Waals surface area contributed by atoms with Crippen LogP contribution in [-0.2, 0) is 14.8 Å². The van der Waals surface area contributed by atoms with Crippen LogP contribution in [0.4, 0.5) is 14.5 Å². The van der Waals surface area contributed by atoms with E-state index in [1.807, 2.05) is 0 Å². The van der Waals surface area contributed by atoms with E-state index < -0.39 is 21.7 Å². The van der Waals surface area contributed by atoms with Crippen molar-refractivity contribution in [3.8, 4) is 0 Å². The molecule has 1 aliphatic heterocycles. The number of nitrogens with zero attached hydrogens (tertiary/aromatic N) is 1. The molecule has 0 atom stereocenters. The van der Waals surface area contributed by atoms with Gasteiger partial charge in [0, 0.05) is 29.2 Å². The first-order chi connectivity index (χ1) is 13.8. The number of carbonyl (C=O) groups is 1. The van der Waals surface area contributed by atoms with E-state index >= 15 is 0 Å². The Bertz CT molecular complexity index is 976. The maximum atomic E-state index is 12.8. The highest BCUT2D eigenvalue weighted by atomic mass is 32.2. The zero-order chi connectivity index (χ0) is 21.0. The molecule has 0 spiro atoms. The molecule has 1 heterocycles. The minimum atomic E-state index is -3.73. The van der Waals surface area contributed by atoms with Crippen LogP contribution >= 0.6 is 11.8 Å². The molecular formula is C19H20F2N2O4S2. The third-order valence-corrected chi connectivity index (χ3v) is 7.02. The van der Waals surface area contributed by atoms with Gasteiger partial charge >= 0.3 is 0 Å². The molecule has 0 aromatic heterocycles. The number of morpholine rings is 1. The quantitative estimate of drug-likeness (QED) is 0.692. The van der Waals surface area contributed by atoms with E-state index in [1.165, 1.54) is 40.7 Å². The number of hydrogen-bond donors (Lipinski definition) is 1. The number of anilines is 1. The van der Waals surface area contributed by atoms with Gasteiger partial charge in [-0.15, -0.1) is 0 Å². The number of ether oxygens (including phenoxy) is 1. The van der Waals surface area contributed by atoms with Crippen molar-refractivity contribution in [3.05, 3.63) is 53.6 Å². The molecule has 1 aliphatic rings. The van der Waals surface area contributed by atoms with Crippen LogP contribution in [0.5, 0.6) is 0 Å². The number of hydrogen-bond acceptors (Lipinski definition) is 5. The summed E-state index contributed by atoms with van der Waals surface area (Å²) in [5, 5.41) is 2.67. The zero-order valence-electron chi connectivity index (χ0n) is 15.6. The van der Waals surface area contributed by atoms with E-state index in [9.17, 15) is 22.0 Å². The standard InChI is InChI=1S/C19H20F2N2O4S2/c1-13-2-7-16(29(25,26)23-8-10-27-11-9-23)12-17(13)18(24)22-14-3-5-15(6-4-14)28-19(20)21/h2-7,12,19H,8-11H2,1H3,(H,22,24). The summed E-state index contributed by atoms with van der Waals surface area (Å²) in [6.45, 7) is 2.90. The number of aryl methyl sites for hydroxylation is 1. The lowest BCUT2D eigenvalue weighted by Crippen LogP contribution is -2.40. The number of nitrogens with one attached hydrogen (secondary N) is 1. The molecule has 29 heavy (non-hydrogen) atoms. The van der Waals surface area contributed by atoms with Gasteiger partial charge in [-0.05, 0) is 48.9 Å². The molecule has 3 rings (SSSR count). The molecular weight excluding hydrogens is 422 g/mol. The molecule has 0 bridgehead atoms. The van der Waals surface area contributed by atoms with Gasteiger partial charge in [0.25, 0.3) is 11.7 Å². The highest BCUT2D eigenvalue weighted by Gasteiger charge is 2.27. The second kappa shape index (κ2) is 9.21. The molecule has 156 valence electrons. The van der Waals surface area contributed by atoms with Crippen LogP contribution in [0.2, 0.25) is 0 Å². The minimum Gasteiger partial charge on any atom is -0.379 e. The van der Waals surface area contributed by atoms with Gasteiger partial charge in [-0.2, -0.15) is 13.1 Å². The molecule has 1 saturated heterocycles. The van der Waals surface area contributed by atoms with E-state index in [0.29, 0.717) is 41.1 Å². The van der Waals surface area contributed by atoms with Crippen molar-refractivity contribution in [3.63, 3.8) is 0 Å². The molecule has 1 fully saturated rings. The predicted molar refractivity (Wildman–Crippen MR) is 107 cm³/mol. The van der Waals surface area contributed by atoms with Gasteiger partial charge in [-0.1, -0.05) is 17.8 Å². The summed E-state index contributed by atoms with van der Waals surface area (Å²) in [5.41, 5.74) is 1.27. The van der Waals surface area contributed by atoms with E-state index in [2.05, 4.69) is 5.32 Å². The number of amides is 1. The van der Waals surface area contributed by atoms with Crippen LogP contribution in [0.15, 0.2) is 52.3 Å². The van der Waals surface area contributed by atoms with Crippen LogP contribution < -0.4 is 5.32 Å². The number of benzene rings is 2. The molecule has 1 N–H and O–H groups in total. The number of sulfonamides is 1. The highest BCUT2D eigenvalue weighted by molar-refractivity contribution is 7.99. The van der Waals surface area contributed by atoms with Crippen LogP contribution in [0.1, 0.15) is 15.9 Å². The van der Waals surface area contributed by atoms with Gasteiger partial charge in [0.05, 0.1) is 18.1 Å². The third kappa shape index (κ3) is 5.33. The molecule has 6 nitrogen and oxygen atoms in total. The average molecular weight is 443 g/mol. The summed E-state index contributed by atoms with van der Waals surface area (Å²) >= 11 is 0.417. The van der Waals surface area contributed by atoms with Gasteiger partial charge in [-0.25, -0.2) is 8.42 Å². The molecule has 0 radical (unpaired) electrons. The number of carbonyl (C=O) groups excluding carboxylic acids is 1. The van der Waals surface area contributed by atoms with Crippen LogP contribution in [0, 0.1) is 6.92 Å². The zero-order valence-corrected chi connectivity index (χ0v) is 17.2. The van der Waals surface area contributed by atoms with Crippen LogP contribution in [0.25, 0.3) is 0 Å². The van der Waals surface area contributed by atoms with Crippen LogP contribution in [-0.4, -0.2) is 50.7 Å². The Morgan fingerprint density at radius 2 is 1.79 bits per heavy atom. The molecule has 0 aliphatic carbocycles. The summed E-state index contributed by atoms with van der Waals surface area (Å²) in [6, 6.07) is 10.4. The number of rotatable bonds is 6. The fourth-order valence-corrected chi connectivity index (χ4v) is 4.79. The fraction of sp³-hybridized carbons (Fsp3) is 0.316. The smallest absolute Gasteiger partial charge is 0.288 e. The molecule has 10 heteroatoms. The predicted octanol–water partition coefficient (Wildman–Crippen LogP) is 3.58. The Balaban J connectivity index is 1.79. The van der Waals surface area contributed by atoms with E-state index in [-0.39, 0.29) is 23.5 Å². The Kier molecular flexibility index (Phi) is 6.89. The Morgan fingerprint density at radius 1 is 1.14 bits per heavy atom. The summed E-state index contributed by atoms with van der Waals surface area (Å²) < 4.78 is 57.0. The topological polar surface area (TPSA) is 75.7 Å². The number of halogens is 2. The lowest BCUT2D eigenvalue weighted by atomic mass is 10.1. The van der Waals surface area contributed by atoms with Gasteiger partial charge in [0.1, 0.15) is 0 Å². The average Bonchev–Trinajstić information content (AvgIpc) is 2.70. The van der Waals surface area contributed by atoms with Gasteiger partial charge in [-0.3, -0.25) is 4.79 Å². The monoisotopic (exact) mass is 442 g/mol. The molecule has 1 amide bonds. The highest BCUT2D eigenvalue weighted by Crippen LogP contribution is 2.27. The van der Waals surface area contributed by atoms with Crippen molar-refractivity contribution in [2.24, 2.45) is 0 Å². The van der Waals surface area contributed by atoms with Crippen molar-refractivity contribution < 1.29 is 26.7 Å². The van der Waals surface area contributed by atoms with Crippen molar-refractivity contribution in [2.45, 2.75) is 22.5 Å². The Hall–Kier alpha value is -2.01. The maximum Gasteiger partial charge on any atom is 0.288 e. The summed E-state index contributed by atoms with van der Waals surface area (Å²) in [7, 11) is -3.73. The fourth-order valence-electron chi connectivity index (χ4n) is 2.86. The number of thioether (sulfide) groups is 1. The third-order valence-electron chi connectivity index (χ3n) is 4.40. The first-order valence-electron chi connectivity index (χ1n) is 8.82. The first kappa shape index (κ1) is 21.7. The summed E-state index contributed by atoms with van der Waals surface area (Å²) in [6.07, 6.45) is 0. The lowest BCUT2D eigenvalue weighted by Gasteiger charge is -2.26. The van der Waals surface area contributed by atoms with Crippen molar-refractivity contribution in [1.82, 2.24) is 4.31 Å². The van der Waals surface area contributed by atoms with Crippen molar-refractivity contribution in [1.29, 1.82) is 0 Å². The summed E-state index contributed by atoms with van der Waals surface area (Å²) in [5.74, 6) is -3.00. The van der Waals surface area contributed by atoms with E-state index in [4.69, 9.17) is 4.74 Å². The van der Waals surface area contributed by atoms with E-state index in [1.54, 1.807) is 13.0 Å². The van der Waals surface area contributed by atoms with Crippen molar-refractivity contribution in [2.75, 3.05) is 31.6 Å². The largest absolute Gasteiger partial charge is 0.379 e. The van der Waals surface area contributed by atoms with Gasteiger partial charge in [0.2, 0.25) is 10.0 Å². The Labute approximate surface area is 172 Å². The minimum absolute atomic E-state index is 0.0406. The molecule has 0 unspecified atom stereocenters. The van der Waals surface area contributed by atoms with Gasteiger partial charge in [0.15, 0.2) is 0 Å². The summed E-state index contributed by atoms with van der Waals surface area (Å²) in [4.78, 5) is 13.1. The Morgan fingerprint density at radius 3 is 2.41 bits per heavy atom. The van der Waals surface area contributed by atoms with Crippen LogP contribution in [0.3, 0.4) is 0 Å². The maximum absolute atomic E-state index is 12.8. The van der Waals surface area contributed by atoms with E-state index in [0.717, 1.165) is 0 Å². The first-order valence-corrected chi connectivity index (χ1v) is 11.1. The van der Waals surface area contributed by atoms with Crippen molar-refractivity contribution >= 4 is 33.4 Å². The molecule has 0 saturated carbocycles. The second-order valence-corrected chi connectivity index (χ2v) is 9.35. The SMILES string of the molecule is Cc1ccc(S(=O)(=O)N2CCOCC2)cc1C(=O)Nc1ccc(SC(F)F)cc1. The second-order valence-electron chi connectivity index (χ2n) is 6.35. The normalized spacial score (nSPS) is 15.4. The number of alkyl halides is 2. The van der Waals surface area contributed by atoms with Gasteiger partial charge < -0.3 is 10.1 Å². The lowest BCUT2D eigenvalue weighted by molar-refractivity contribution is 0.0730. The molecule has 2 aromatic rings. The molecule has 2 aromatic carbocycles.